The Kier molecular flexibility index (Phi) is 5.45. The van der Waals surface area contributed by atoms with Crippen molar-refractivity contribution >= 4 is 11.7 Å². The van der Waals surface area contributed by atoms with Crippen LogP contribution in [-0.4, -0.2) is 42.5 Å². The average Bonchev–Trinajstić information content (AvgIpc) is 2.30. The Hall–Kier alpha value is -1.59. The number of hydrogen-bond acceptors (Lipinski definition) is 4. The highest BCUT2D eigenvalue weighted by Crippen LogP contribution is 2.14. The van der Waals surface area contributed by atoms with Crippen molar-refractivity contribution in [3.05, 3.63) is 29.8 Å². The maximum Gasteiger partial charge on any atom is 0.337 e. The summed E-state index contributed by atoms with van der Waals surface area (Å²) in [5.74, 6) is -0.967. The van der Waals surface area contributed by atoms with E-state index in [4.69, 9.17) is 9.84 Å². The number of para-hydroxylation sites is 1. The second kappa shape index (κ2) is 6.88. The largest absolute Gasteiger partial charge is 0.478 e. The van der Waals surface area contributed by atoms with E-state index in [-0.39, 0.29) is 12.2 Å². The van der Waals surface area contributed by atoms with Crippen LogP contribution in [-0.2, 0) is 4.74 Å². The molecular weight excluding hydrogens is 222 g/mol. The fourth-order valence-electron chi connectivity index (χ4n) is 1.47. The molecule has 0 heterocycles. The van der Waals surface area contributed by atoms with Crippen LogP contribution in [0.3, 0.4) is 0 Å². The van der Waals surface area contributed by atoms with Gasteiger partial charge in [0, 0.05) is 19.3 Å². The highest BCUT2D eigenvalue weighted by Gasteiger charge is 2.09. The van der Waals surface area contributed by atoms with E-state index in [9.17, 15) is 9.90 Å². The average molecular weight is 239 g/mol. The molecule has 5 heteroatoms. The van der Waals surface area contributed by atoms with E-state index in [1.165, 1.54) is 13.2 Å². The van der Waals surface area contributed by atoms with E-state index in [0.717, 1.165) is 0 Å². The molecule has 0 bridgehead atoms. The van der Waals surface area contributed by atoms with Crippen LogP contribution in [0.15, 0.2) is 24.3 Å². The summed E-state index contributed by atoms with van der Waals surface area (Å²) >= 11 is 0. The number of rotatable bonds is 7. The standard InChI is InChI=1S/C12H17NO4/c1-17-8-9(14)6-7-13-11-5-3-2-4-10(11)12(15)16/h2-5,9,13-14H,6-8H2,1H3,(H,15,16). The van der Waals surface area contributed by atoms with Gasteiger partial charge in [-0.3, -0.25) is 0 Å². The SMILES string of the molecule is COCC(O)CCNc1ccccc1C(=O)O. The molecule has 0 spiro atoms. The van der Waals surface area contributed by atoms with Gasteiger partial charge in [-0.05, 0) is 18.6 Å². The van der Waals surface area contributed by atoms with Crippen LogP contribution < -0.4 is 5.32 Å². The summed E-state index contributed by atoms with van der Waals surface area (Å²) in [6.45, 7) is 0.775. The van der Waals surface area contributed by atoms with E-state index >= 15 is 0 Å². The topological polar surface area (TPSA) is 78.8 Å². The molecule has 0 amide bonds. The predicted molar refractivity (Wildman–Crippen MR) is 64.4 cm³/mol. The van der Waals surface area contributed by atoms with Gasteiger partial charge in [0.05, 0.1) is 18.3 Å². The quantitative estimate of drug-likeness (QED) is 0.666. The summed E-state index contributed by atoms with van der Waals surface area (Å²) in [6, 6.07) is 6.68. The predicted octanol–water partition coefficient (Wildman–Crippen LogP) is 1.19. The van der Waals surface area contributed by atoms with Gasteiger partial charge in [-0.15, -0.1) is 0 Å². The zero-order valence-electron chi connectivity index (χ0n) is 9.72. The van der Waals surface area contributed by atoms with Crippen molar-refractivity contribution in [2.45, 2.75) is 12.5 Å². The van der Waals surface area contributed by atoms with Crippen molar-refractivity contribution in [3.63, 3.8) is 0 Å². The molecule has 94 valence electrons. The number of aliphatic hydroxyl groups is 1. The normalized spacial score (nSPS) is 12.1. The molecule has 0 fully saturated rings. The lowest BCUT2D eigenvalue weighted by molar-refractivity contribution is 0.0615. The maximum absolute atomic E-state index is 10.9. The lowest BCUT2D eigenvalue weighted by atomic mass is 10.1. The summed E-state index contributed by atoms with van der Waals surface area (Å²) in [6.07, 6.45) is -0.0357. The Morgan fingerprint density at radius 2 is 2.18 bits per heavy atom. The third kappa shape index (κ3) is 4.42. The number of carbonyl (C=O) groups is 1. The molecular formula is C12H17NO4. The molecule has 0 radical (unpaired) electrons. The minimum Gasteiger partial charge on any atom is -0.478 e. The number of carboxylic acid groups (broad SMARTS) is 1. The molecule has 0 aliphatic rings. The smallest absolute Gasteiger partial charge is 0.337 e. The van der Waals surface area contributed by atoms with Crippen molar-refractivity contribution < 1.29 is 19.7 Å². The second-order valence-electron chi connectivity index (χ2n) is 3.68. The summed E-state index contributed by atoms with van der Waals surface area (Å²) in [4.78, 5) is 10.9. The number of nitrogens with one attached hydrogen (secondary N) is 1. The molecule has 0 aliphatic heterocycles. The zero-order chi connectivity index (χ0) is 12.7. The van der Waals surface area contributed by atoms with Crippen molar-refractivity contribution in [2.75, 3.05) is 25.6 Å². The highest BCUT2D eigenvalue weighted by molar-refractivity contribution is 5.94. The Balaban J connectivity index is 2.49. The number of aromatic carboxylic acids is 1. The van der Waals surface area contributed by atoms with E-state index < -0.39 is 12.1 Å². The number of aliphatic hydroxyl groups excluding tert-OH is 1. The first-order valence-corrected chi connectivity index (χ1v) is 5.38. The van der Waals surface area contributed by atoms with E-state index in [1.54, 1.807) is 18.2 Å². The number of methoxy groups -OCH3 is 1. The van der Waals surface area contributed by atoms with Gasteiger partial charge < -0.3 is 20.3 Å². The summed E-state index contributed by atoms with van der Waals surface area (Å²) in [7, 11) is 1.52. The Labute approximate surface area is 100 Å². The van der Waals surface area contributed by atoms with Crippen LogP contribution in [0.1, 0.15) is 16.8 Å². The lowest BCUT2D eigenvalue weighted by Crippen LogP contribution is -2.19. The molecule has 3 N–H and O–H groups in total. The number of hydrogen-bond donors (Lipinski definition) is 3. The molecule has 0 aromatic heterocycles. The Morgan fingerprint density at radius 1 is 1.47 bits per heavy atom. The first-order valence-electron chi connectivity index (χ1n) is 5.38. The van der Waals surface area contributed by atoms with Gasteiger partial charge in [0.15, 0.2) is 0 Å². The minimum atomic E-state index is -0.967. The number of ether oxygens (including phenoxy) is 1. The molecule has 1 aromatic carbocycles. The molecule has 1 unspecified atom stereocenters. The van der Waals surface area contributed by atoms with Crippen molar-refractivity contribution in [3.8, 4) is 0 Å². The molecule has 0 aliphatic carbocycles. The lowest BCUT2D eigenvalue weighted by Gasteiger charge is -2.12. The second-order valence-corrected chi connectivity index (χ2v) is 3.68. The number of benzene rings is 1. The molecule has 0 saturated carbocycles. The van der Waals surface area contributed by atoms with Crippen LogP contribution in [0.25, 0.3) is 0 Å². The van der Waals surface area contributed by atoms with Gasteiger partial charge >= 0.3 is 5.97 Å². The van der Waals surface area contributed by atoms with Crippen molar-refractivity contribution in [1.82, 2.24) is 0 Å². The number of carboxylic acids is 1. The van der Waals surface area contributed by atoms with Crippen LogP contribution in [0.5, 0.6) is 0 Å². The van der Waals surface area contributed by atoms with Crippen molar-refractivity contribution in [1.29, 1.82) is 0 Å². The van der Waals surface area contributed by atoms with Gasteiger partial charge in [0.25, 0.3) is 0 Å². The van der Waals surface area contributed by atoms with Gasteiger partial charge in [-0.2, -0.15) is 0 Å². The van der Waals surface area contributed by atoms with Gasteiger partial charge in [-0.25, -0.2) is 4.79 Å². The van der Waals surface area contributed by atoms with Crippen LogP contribution in [0.4, 0.5) is 5.69 Å². The summed E-state index contributed by atoms with van der Waals surface area (Å²) in [5, 5.41) is 21.4. The molecule has 1 rings (SSSR count). The van der Waals surface area contributed by atoms with Crippen LogP contribution in [0.2, 0.25) is 0 Å². The molecule has 1 atom stereocenters. The zero-order valence-corrected chi connectivity index (χ0v) is 9.72. The summed E-state index contributed by atoms with van der Waals surface area (Å²) < 4.78 is 4.80. The third-order valence-corrected chi connectivity index (χ3v) is 2.31. The fourth-order valence-corrected chi connectivity index (χ4v) is 1.47. The van der Waals surface area contributed by atoms with Gasteiger partial charge in [-0.1, -0.05) is 12.1 Å². The van der Waals surface area contributed by atoms with Crippen LogP contribution in [0, 0.1) is 0 Å². The summed E-state index contributed by atoms with van der Waals surface area (Å²) in [5.41, 5.74) is 0.790. The first-order chi connectivity index (χ1) is 8.15. The monoisotopic (exact) mass is 239 g/mol. The molecule has 17 heavy (non-hydrogen) atoms. The highest BCUT2D eigenvalue weighted by atomic mass is 16.5. The van der Waals surface area contributed by atoms with Gasteiger partial charge in [0.2, 0.25) is 0 Å². The third-order valence-electron chi connectivity index (χ3n) is 2.31. The van der Waals surface area contributed by atoms with E-state index in [0.29, 0.717) is 18.7 Å². The maximum atomic E-state index is 10.9. The first kappa shape index (κ1) is 13.5. The van der Waals surface area contributed by atoms with Crippen molar-refractivity contribution in [2.24, 2.45) is 0 Å². The minimum absolute atomic E-state index is 0.230. The van der Waals surface area contributed by atoms with E-state index in [1.807, 2.05) is 0 Å². The Morgan fingerprint density at radius 3 is 2.82 bits per heavy atom. The molecule has 1 aromatic rings. The molecule has 0 saturated heterocycles. The molecule has 5 nitrogen and oxygen atoms in total. The fraction of sp³-hybridized carbons (Fsp3) is 0.417. The van der Waals surface area contributed by atoms with Crippen LogP contribution >= 0.6 is 0 Å². The van der Waals surface area contributed by atoms with Gasteiger partial charge in [0.1, 0.15) is 0 Å². The Bertz CT molecular complexity index is 367. The van der Waals surface area contributed by atoms with E-state index in [2.05, 4.69) is 5.32 Å². The number of anilines is 1.